The fourth-order valence-electron chi connectivity index (χ4n) is 4.23. The maximum atomic E-state index is 12.8. The van der Waals surface area contributed by atoms with Crippen molar-refractivity contribution in [3.63, 3.8) is 0 Å². The van der Waals surface area contributed by atoms with Crippen LogP contribution in [0.5, 0.6) is 0 Å². The summed E-state index contributed by atoms with van der Waals surface area (Å²) in [5, 5.41) is 19.9. The van der Waals surface area contributed by atoms with Crippen LogP contribution in [-0.4, -0.2) is 43.6 Å². The number of fused-ring (bicyclic) bond motifs is 1. The second-order valence-corrected chi connectivity index (χ2v) is 9.25. The molecule has 1 saturated heterocycles. The summed E-state index contributed by atoms with van der Waals surface area (Å²) in [6.45, 7) is 1.87. The van der Waals surface area contributed by atoms with Crippen molar-refractivity contribution in [2.45, 2.75) is 25.3 Å². The molecule has 4 heterocycles. The Morgan fingerprint density at radius 1 is 1.17 bits per heavy atom. The summed E-state index contributed by atoms with van der Waals surface area (Å²) in [4.78, 5) is 23.6. The molecule has 10 heteroatoms. The molecule has 1 fully saturated rings. The van der Waals surface area contributed by atoms with E-state index >= 15 is 0 Å². The lowest BCUT2D eigenvalue weighted by Crippen LogP contribution is -2.40. The van der Waals surface area contributed by atoms with Gasteiger partial charge in [-0.05, 0) is 58.6 Å². The van der Waals surface area contributed by atoms with Crippen molar-refractivity contribution in [1.82, 2.24) is 24.5 Å². The number of hydrogen-bond donors (Lipinski definition) is 2. The number of nitriles is 1. The van der Waals surface area contributed by atoms with E-state index in [0.717, 1.165) is 40.0 Å². The Morgan fingerprint density at radius 3 is 2.80 bits per heavy atom. The number of piperidine rings is 1. The first-order valence-corrected chi connectivity index (χ1v) is 12.1. The maximum absolute atomic E-state index is 12.8. The molecule has 0 spiro atoms. The number of nitrogens with one attached hydrogen (secondary N) is 2. The van der Waals surface area contributed by atoms with Gasteiger partial charge in [0.2, 0.25) is 0 Å². The number of urea groups is 1. The van der Waals surface area contributed by atoms with Crippen molar-refractivity contribution in [3.05, 3.63) is 82.3 Å². The lowest BCUT2D eigenvalue weighted by Gasteiger charge is -2.32. The van der Waals surface area contributed by atoms with Crippen LogP contribution in [0.4, 0.5) is 16.3 Å². The largest absolute Gasteiger partial charge is 0.366 e. The first kappa shape index (κ1) is 22.8. The number of likely N-dealkylation sites (tertiary alicyclic amines) is 1. The number of anilines is 2. The fraction of sp³-hybridized carbons (Fsp3) is 0.240. The summed E-state index contributed by atoms with van der Waals surface area (Å²) in [5.41, 5.74) is 3.95. The molecule has 5 rings (SSSR count). The van der Waals surface area contributed by atoms with E-state index in [9.17, 15) is 4.79 Å². The van der Waals surface area contributed by atoms with Crippen molar-refractivity contribution >= 4 is 39.1 Å². The van der Waals surface area contributed by atoms with Gasteiger partial charge >= 0.3 is 6.03 Å². The fourth-order valence-corrected chi connectivity index (χ4v) is 4.58. The highest BCUT2D eigenvalue weighted by Crippen LogP contribution is 2.31. The summed E-state index contributed by atoms with van der Waals surface area (Å²) in [6, 6.07) is 14.9. The van der Waals surface area contributed by atoms with E-state index in [1.54, 1.807) is 41.2 Å². The topological polar surface area (TPSA) is 111 Å². The van der Waals surface area contributed by atoms with Gasteiger partial charge in [-0.2, -0.15) is 14.9 Å². The molecule has 2 amide bonds. The molecule has 1 aromatic carbocycles. The van der Waals surface area contributed by atoms with Crippen LogP contribution in [0.25, 0.3) is 5.65 Å². The molecule has 0 saturated carbocycles. The zero-order valence-electron chi connectivity index (χ0n) is 18.9. The molecule has 4 aromatic rings. The third-order valence-corrected chi connectivity index (χ3v) is 6.65. The first-order valence-electron chi connectivity index (χ1n) is 11.3. The predicted octanol–water partition coefficient (Wildman–Crippen LogP) is 4.78. The highest BCUT2D eigenvalue weighted by atomic mass is 79.9. The van der Waals surface area contributed by atoms with E-state index in [1.807, 2.05) is 23.2 Å². The third kappa shape index (κ3) is 5.10. The number of pyridine rings is 1. The molecule has 0 bridgehead atoms. The number of benzene rings is 1. The van der Waals surface area contributed by atoms with Crippen molar-refractivity contribution in [2.75, 3.05) is 23.7 Å². The minimum Gasteiger partial charge on any atom is -0.366 e. The van der Waals surface area contributed by atoms with Crippen LogP contribution in [0.3, 0.4) is 0 Å². The normalized spacial score (nSPS) is 14.0. The van der Waals surface area contributed by atoms with Gasteiger partial charge in [-0.25, -0.2) is 9.78 Å². The van der Waals surface area contributed by atoms with Crippen molar-refractivity contribution in [1.29, 1.82) is 5.26 Å². The molecule has 2 N–H and O–H groups in total. The van der Waals surface area contributed by atoms with Crippen molar-refractivity contribution in [2.24, 2.45) is 0 Å². The average molecular weight is 531 g/mol. The van der Waals surface area contributed by atoms with E-state index in [4.69, 9.17) is 10.2 Å². The van der Waals surface area contributed by atoms with Crippen LogP contribution in [0.15, 0.2) is 65.5 Å². The molecule has 176 valence electrons. The highest BCUT2D eigenvalue weighted by molar-refractivity contribution is 9.10. The van der Waals surface area contributed by atoms with E-state index in [2.05, 4.69) is 48.8 Å². The van der Waals surface area contributed by atoms with Crippen molar-refractivity contribution in [3.8, 4) is 6.07 Å². The molecule has 1 aliphatic rings. The molecule has 0 radical (unpaired) electrons. The quantitative estimate of drug-likeness (QED) is 0.384. The van der Waals surface area contributed by atoms with Crippen LogP contribution in [-0.2, 0) is 6.54 Å². The Hall–Kier alpha value is -3.97. The number of amides is 2. The minimum absolute atomic E-state index is 0.153. The molecule has 3 aromatic heterocycles. The van der Waals surface area contributed by atoms with Gasteiger partial charge in [0, 0.05) is 55.4 Å². The smallest absolute Gasteiger partial charge is 0.321 e. The number of halogens is 1. The van der Waals surface area contributed by atoms with Crippen LogP contribution in [0.2, 0.25) is 0 Å². The monoisotopic (exact) mass is 530 g/mol. The Labute approximate surface area is 210 Å². The third-order valence-electron chi connectivity index (χ3n) is 6.09. The van der Waals surface area contributed by atoms with Gasteiger partial charge in [0.15, 0.2) is 5.65 Å². The Balaban J connectivity index is 1.28. The van der Waals surface area contributed by atoms with Gasteiger partial charge in [0.1, 0.15) is 5.82 Å². The number of carbonyl (C=O) groups is 1. The number of nitrogens with zero attached hydrogens (tertiary/aromatic N) is 6. The van der Waals surface area contributed by atoms with E-state index in [1.165, 1.54) is 0 Å². The molecule has 1 aliphatic heterocycles. The number of rotatable bonds is 5. The Bertz CT molecular complexity index is 1390. The Morgan fingerprint density at radius 2 is 2.03 bits per heavy atom. The van der Waals surface area contributed by atoms with Crippen LogP contribution < -0.4 is 10.6 Å². The van der Waals surface area contributed by atoms with Gasteiger partial charge in [0.25, 0.3) is 0 Å². The lowest BCUT2D eigenvalue weighted by molar-refractivity contribution is 0.194. The van der Waals surface area contributed by atoms with Crippen LogP contribution >= 0.6 is 15.9 Å². The zero-order valence-corrected chi connectivity index (χ0v) is 20.4. The van der Waals surface area contributed by atoms with Gasteiger partial charge < -0.3 is 15.5 Å². The van der Waals surface area contributed by atoms with Gasteiger partial charge in [-0.15, -0.1) is 0 Å². The van der Waals surface area contributed by atoms with Crippen molar-refractivity contribution < 1.29 is 4.79 Å². The van der Waals surface area contributed by atoms with Gasteiger partial charge in [0.05, 0.1) is 22.3 Å². The lowest BCUT2D eigenvalue weighted by atomic mass is 9.93. The molecular formula is C25H23BrN8O. The second-order valence-electron chi connectivity index (χ2n) is 8.39. The summed E-state index contributed by atoms with van der Waals surface area (Å²) in [6.07, 6.45) is 6.95. The molecule has 35 heavy (non-hydrogen) atoms. The van der Waals surface area contributed by atoms with Gasteiger partial charge in [-0.1, -0.05) is 12.1 Å². The van der Waals surface area contributed by atoms with E-state index < -0.39 is 0 Å². The van der Waals surface area contributed by atoms with Crippen LogP contribution in [0, 0.1) is 11.3 Å². The Kier molecular flexibility index (Phi) is 6.59. The first-order chi connectivity index (χ1) is 17.1. The predicted molar refractivity (Wildman–Crippen MR) is 136 cm³/mol. The number of aromatic nitrogens is 4. The standard InChI is InChI=1S/C25H23BrN8O/c26-21-16-30-34-23(29-15-18-4-2-8-28-14-18)12-22(32-24(21)34)19-6-9-33(10-7-19)25(35)31-20-5-1-3-17(11-20)13-27/h1-5,8,11-12,14,16,19,29H,6-7,9-10,15H2,(H,31,35). The van der Waals surface area contributed by atoms with E-state index in [0.29, 0.717) is 30.9 Å². The molecule has 0 atom stereocenters. The highest BCUT2D eigenvalue weighted by Gasteiger charge is 2.26. The number of hydrogen-bond acceptors (Lipinski definition) is 6. The minimum atomic E-state index is -0.153. The zero-order chi connectivity index (χ0) is 24.2. The average Bonchev–Trinajstić information content (AvgIpc) is 3.28. The summed E-state index contributed by atoms with van der Waals surface area (Å²) in [7, 11) is 0. The second kappa shape index (κ2) is 10.1. The summed E-state index contributed by atoms with van der Waals surface area (Å²) >= 11 is 3.56. The summed E-state index contributed by atoms with van der Waals surface area (Å²) in [5.74, 6) is 1.09. The maximum Gasteiger partial charge on any atom is 0.321 e. The van der Waals surface area contributed by atoms with Gasteiger partial charge in [-0.3, -0.25) is 4.98 Å². The number of carbonyl (C=O) groups excluding carboxylic acids is 1. The molecule has 0 aliphatic carbocycles. The molecular weight excluding hydrogens is 508 g/mol. The van der Waals surface area contributed by atoms with E-state index in [-0.39, 0.29) is 11.9 Å². The van der Waals surface area contributed by atoms with Crippen LogP contribution in [0.1, 0.15) is 35.6 Å². The summed E-state index contributed by atoms with van der Waals surface area (Å²) < 4.78 is 2.63. The molecule has 0 unspecified atom stereocenters. The SMILES string of the molecule is N#Cc1cccc(NC(=O)N2CCC(c3cc(NCc4cccnc4)n4ncc(Br)c4n3)CC2)c1. The molecule has 9 nitrogen and oxygen atoms in total.